The van der Waals surface area contributed by atoms with Gasteiger partial charge in [-0.3, -0.25) is 0 Å². The lowest BCUT2D eigenvalue weighted by Crippen LogP contribution is -2.63. The number of rotatable bonds is 16. The Labute approximate surface area is 316 Å². The second-order valence-corrected chi connectivity index (χ2v) is 15.3. The fraction of sp³-hybridized carbons (Fsp3) is 0.417. The van der Waals surface area contributed by atoms with Gasteiger partial charge < -0.3 is 25.7 Å². The number of nitrogens with two attached hydrogens (primary N) is 1. The van der Waals surface area contributed by atoms with Crippen LogP contribution in [0.3, 0.4) is 0 Å². The molecule has 278 valence electrons. The smallest absolute Gasteiger partial charge is 0.0526 e. The highest BCUT2D eigenvalue weighted by Gasteiger charge is 2.42. The first-order chi connectivity index (χ1) is 26.0. The molecule has 5 nitrogen and oxygen atoms in total. The molecule has 1 aliphatic rings. The molecule has 1 aliphatic carbocycles. The molecule has 1 fully saturated rings. The van der Waals surface area contributed by atoms with Crippen molar-refractivity contribution in [1.82, 2.24) is 0 Å². The summed E-state index contributed by atoms with van der Waals surface area (Å²) in [6.07, 6.45) is 6.66. The first kappa shape index (κ1) is 37.0. The number of hydrogen-bond donors (Lipinski definition) is 1. The molecule has 53 heavy (non-hydrogen) atoms. The van der Waals surface area contributed by atoms with E-state index in [1.54, 1.807) is 0 Å². The molecule has 0 heterocycles. The third-order valence-corrected chi connectivity index (χ3v) is 11.9. The summed E-state index contributed by atoms with van der Waals surface area (Å²) in [6, 6.07) is 31.5. The minimum Gasteiger partial charge on any atom is -0.851 e. The topological polar surface area (TPSA) is 78.6 Å². The Bertz CT molecular complexity index is 2110. The van der Waals surface area contributed by atoms with Crippen molar-refractivity contribution in [2.45, 2.75) is 103 Å². The Hall–Kier alpha value is -4.32. The number of hydrogen-bond acceptors (Lipinski definition) is 5. The summed E-state index contributed by atoms with van der Waals surface area (Å²) in [6.45, 7) is 12.8. The fourth-order valence-electron chi connectivity index (χ4n) is 9.20. The monoisotopic (exact) mass is 707 g/mol. The van der Waals surface area contributed by atoms with Gasteiger partial charge in [0.25, 0.3) is 0 Å². The second kappa shape index (κ2) is 16.4. The quantitative estimate of drug-likeness (QED) is 0.0800. The highest BCUT2D eigenvalue weighted by molar-refractivity contribution is 6.18. The molecule has 0 radical (unpaired) electrons. The van der Waals surface area contributed by atoms with Gasteiger partial charge in [0.1, 0.15) is 0 Å². The van der Waals surface area contributed by atoms with Crippen molar-refractivity contribution in [3.8, 4) is 0 Å². The lowest BCUT2D eigenvalue weighted by molar-refractivity contribution is -0.535. The Morgan fingerprint density at radius 1 is 0.453 bits per heavy atom. The van der Waals surface area contributed by atoms with Crippen LogP contribution in [0.15, 0.2) is 91.0 Å². The average molecular weight is 708 g/mol. The van der Waals surface area contributed by atoms with Crippen LogP contribution in [0, 0.1) is 0 Å². The number of anilines is 3. The van der Waals surface area contributed by atoms with Gasteiger partial charge >= 0.3 is 0 Å². The van der Waals surface area contributed by atoms with Crippen molar-refractivity contribution in [2.75, 3.05) is 41.7 Å². The molecule has 2 N–H and O–H groups in total. The van der Waals surface area contributed by atoms with Crippen molar-refractivity contribution >= 4 is 60.2 Å². The third-order valence-electron chi connectivity index (χ3n) is 11.9. The van der Waals surface area contributed by atoms with E-state index in [4.69, 9.17) is 5.73 Å². The Kier molecular flexibility index (Phi) is 11.4. The molecule has 0 aliphatic heterocycles. The summed E-state index contributed by atoms with van der Waals surface area (Å²) in [7, 11) is 0. The number of nitrogen functional groups attached to an aromatic ring is 1. The molecule has 0 saturated heterocycles. The molecule has 0 aromatic heterocycles. The first-order valence-electron chi connectivity index (χ1n) is 20.4. The number of nitrogens with zero attached hydrogens (tertiary/aromatic N) is 2. The van der Waals surface area contributed by atoms with Crippen LogP contribution in [-0.4, -0.2) is 38.4 Å². The van der Waals surface area contributed by atoms with E-state index >= 15 is 10.2 Å². The highest BCUT2D eigenvalue weighted by atomic mass is 16.3. The van der Waals surface area contributed by atoms with Crippen LogP contribution in [0.2, 0.25) is 0 Å². The van der Waals surface area contributed by atoms with E-state index in [9.17, 15) is 0 Å². The van der Waals surface area contributed by atoms with E-state index in [-0.39, 0.29) is 0 Å². The summed E-state index contributed by atoms with van der Waals surface area (Å²) in [4.78, 5) is 5.08. The maximum atomic E-state index is 15.1. The average Bonchev–Trinajstić information content (AvgIpc) is 3.18. The van der Waals surface area contributed by atoms with Crippen molar-refractivity contribution in [1.29, 1.82) is 0 Å². The molecule has 2 atom stereocenters. The van der Waals surface area contributed by atoms with Gasteiger partial charge in [0.15, 0.2) is 0 Å². The molecule has 6 aromatic carbocycles. The van der Waals surface area contributed by atoms with Crippen molar-refractivity contribution < 1.29 is 10.2 Å². The molecule has 2 unspecified atom stereocenters. The lowest BCUT2D eigenvalue weighted by atomic mass is 9.60. The summed E-state index contributed by atoms with van der Waals surface area (Å²) >= 11 is 0. The molecular weight excluding hydrogens is 651 g/mol. The van der Waals surface area contributed by atoms with Gasteiger partial charge in [-0.1, -0.05) is 138 Å². The molecule has 5 heteroatoms. The fourth-order valence-corrected chi connectivity index (χ4v) is 9.20. The van der Waals surface area contributed by atoms with Crippen LogP contribution in [0.25, 0.3) is 43.1 Å². The van der Waals surface area contributed by atoms with E-state index in [0.29, 0.717) is 5.69 Å². The number of unbranched alkanes of at least 4 members (excludes halogenated alkanes) is 4. The van der Waals surface area contributed by atoms with Gasteiger partial charge in [-0.05, 0) is 70.9 Å². The van der Waals surface area contributed by atoms with E-state index in [2.05, 4.69) is 110 Å². The Morgan fingerprint density at radius 3 is 1.21 bits per heavy atom. The molecule has 1 saturated carbocycles. The molecule has 6 aromatic rings. The van der Waals surface area contributed by atoms with Crippen molar-refractivity contribution in [2.24, 2.45) is 0 Å². The van der Waals surface area contributed by atoms with Crippen LogP contribution in [0.1, 0.15) is 102 Å². The van der Waals surface area contributed by atoms with Gasteiger partial charge in [-0.15, -0.1) is 12.2 Å². The summed E-state index contributed by atoms with van der Waals surface area (Å²) in [5.74, 6) is -1.39. The zero-order chi connectivity index (χ0) is 37.1. The Balaban J connectivity index is 1.41. The van der Waals surface area contributed by atoms with Crippen LogP contribution in [0.4, 0.5) is 17.1 Å². The van der Waals surface area contributed by atoms with E-state index < -0.39 is 24.0 Å². The van der Waals surface area contributed by atoms with Gasteiger partial charge in [0, 0.05) is 58.8 Å². The maximum Gasteiger partial charge on any atom is 0.0526 e. The van der Waals surface area contributed by atoms with Gasteiger partial charge in [-0.25, -0.2) is 0 Å². The second-order valence-electron chi connectivity index (χ2n) is 15.3. The van der Waals surface area contributed by atoms with Crippen molar-refractivity contribution in [3.63, 3.8) is 0 Å². The van der Waals surface area contributed by atoms with Crippen LogP contribution in [-0.2, 0) is 0 Å². The number of benzene rings is 6. The van der Waals surface area contributed by atoms with E-state index in [1.165, 1.54) is 11.4 Å². The van der Waals surface area contributed by atoms with Crippen LogP contribution >= 0.6 is 0 Å². The molecule has 0 amide bonds. The predicted octanol–water partition coefficient (Wildman–Crippen LogP) is 10.0. The van der Waals surface area contributed by atoms with Crippen molar-refractivity contribution in [3.05, 3.63) is 102 Å². The first-order valence-corrected chi connectivity index (χ1v) is 20.4. The van der Waals surface area contributed by atoms with Crippen LogP contribution in [0.5, 0.6) is 0 Å². The summed E-state index contributed by atoms with van der Waals surface area (Å²) in [5.41, 5.74) is 11.7. The standard InChI is InChI=1S/C48H57N3O2/c1-5-9-28-50(29-10-6-2)45-35-23-16-13-20-32(35)40(33-21-14-17-24-36(33)45)43-47(52)44(48(43)53)42-34-22-15-18-25-37(34)46(38-26-19-27-39(49)41(38)42)51(30-11-7-3)31-12-8-4/h13-27,43-44,47-48H,5-12,28-31,49H2,1-4H3/q-2. The van der Waals surface area contributed by atoms with E-state index in [1.807, 2.05) is 18.2 Å². The molecule has 7 rings (SSSR count). The number of fused-ring (bicyclic) bond motifs is 4. The summed E-state index contributed by atoms with van der Waals surface area (Å²) < 4.78 is 0. The minimum atomic E-state index is -1.11. The highest BCUT2D eigenvalue weighted by Crippen LogP contribution is 2.55. The minimum absolute atomic E-state index is 0.637. The molecule has 0 bridgehead atoms. The molecular formula is C48H57N3O2-2. The van der Waals surface area contributed by atoms with Crippen LogP contribution < -0.4 is 25.7 Å². The normalized spacial score (nSPS) is 18.6. The van der Waals surface area contributed by atoms with E-state index in [0.717, 1.165) is 132 Å². The zero-order valence-corrected chi connectivity index (χ0v) is 32.2. The van der Waals surface area contributed by atoms with Gasteiger partial charge in [0.05, 0.1) is 11.4 Å². The SMILES string of the molecule is CCCCN(CCCC)c1c2ccccc2c(C2C([O-])C(c3c4ccccc4c(N(CCCC)CCCC)c4cccc(N)c34)C2[O-])c2ccccc12. The maximum absolute atomic E-state index is 15.1. The Morgan fingerprint density at radius 2 is 0.792 bits per heavy atom. The third kappa shape index (κ3) is 6.61. The predicted molar refractivity (Wildman–Crippen MR) is 224 cm³/mol. The zero-order valence-electron chi connectivity index (χ0n) is 32.2. The largest absolute Gasteiger partial charge is 0.851 e. The molecule has 0 spiro atoms. The van der Waals surface area contributed by atoms with Gasteiger partial charge in [0.2, 0.25) is 0 Å². The lowest BCUT2D eigenvalue weighted by Gasteiger charge is -2.62. The van der Waals surface area contributed by atoms with Gasteiger partial charge in [-0.2, -0.15) is 0 Å². The summed E-state index contributed by atoms with van der Waals surface area (Å²) in [5, 5.41) is 38.6.